The molecule has 0 fully saturated rings. The number of ether oxygens (including phenoxy) is 1. The molecule has 0 aliphatic rings. The monoisotopic (exact) mass is 481 g/mol. The molecule has 1 heterocycles. The molecule has 0 atom stereocenters. The first-order chi connectivity index (χ1) is 14.7. The SMILES string of the molecule is Cn1cnnc1Sc1ccc(C(=O)OCC(=O)Nc2cc(Cl)ccc2Cl)cc1[N+](=O)[O-]. The highest BCUT2D eigenvalue weighted by Gasteiger charge is 2.21. The molecule has 0 unspecified atom stereocenters. The number of rotatable bonds is 7. The highest BCUT2D eigenvalue weighted by Crippen LogP contribution is 2.34. The number of anilines is 1. The van der Waals surface area contributed by atoms with Crippen molar-refractivity contribution >= 4 is 58.2 Å². The molecule has 0 aliphatic carbocycles. The van der Waals surface area contributed by atoms with Crippen LogP contribution in [0.2, 0.25) is 10.0 Å². The lowest BCUT2D eigenvalue weighted by molar-refractivity contribution is -0.387. The van der Waals surface area contributed by atoms with E-state index < -0.39 is 23.4 Å². The molecule has 0 saturated heterocycles. The van der Waals surface area contributed by atoms with Gasteiger partial charge in [0.1, 0.15) is 6.33 Å². The zero-order valence-electron chi connectivity index (χ0n) is 15.7. The minimum Gasteiger partial charge on any atom is -0.452 e. The zero-order valence-corrected chi connectivity index (χ0v) is 18.1. The Bertz CT molecular complexity index is 1170. The summed E-state index contributed by atoms with van der Waals surface area (Å²) >= 11 is 12.8. The summed E-state index contributed by atoms with van der Waals surface area (Å²) in [6.07, 6.45) is 1.46. The first-order valence-corrected chi connectivity index (χ1v) is 10.0. The number of aromatic nitrogens is 3. The molecule has 2 aromatic carbocycles. The summed E-state index contributed by atoms with van der Waals surface area (Å²) < 4.78 is 6.55. The number of nitrogens with zero attached hydrogens (tertiary/aromatic N) is 4. The van der Waals surface area contributed by atoms with Crippen LogP contribution >= 0.6 is 35.0 Å². The summed E-state index contributed by atoms with van der Waals surface area (Å²) in [6.45, 7) is -0.620. The smallest absolute Gasteiger partial charge is 0.338 e. The fourth-order valence-corrected chi connectivity index (χ4v) is 3.52. The standard InChI is InChI=1S/C18H13Cl2N5O5S/c1-24-9-21-23-18(24)31-15-5-2-10(6-14(15)25(28)29)17(27)30-8-16(26)22-13-7-11(19)3-4-12(13)20/h2-7,9H,8H2,1H3,(H,22,26). The molecule has 1 N–H and O–H groups in total. The number of carbonyl (C=O) groups excluding carboxylic acids is 2. The predicted octanol–water partition coefficient (Wildman–Crippen LogP) is 3.98. The normalized spacial score (nSPS) is 10.5. The van der Waals surface area contributed by atoms with Gasteiger partial charge in [0, 0.05) is 18.1 Å². The number of esters is 1. The Kier molecular flexibility index (Phi) is 7.10. The van der Waals surface area contributed by atoms with E-state index in [0.29, 0.717) is 10.2 Å². The maximum atomic E-state index is 12.3. The quantitative estimate of drug-likeness (QED) is 0.304. The summed E-state index contributed by atoms with van der Waals surface area (Å²) in [5, 5.41) is 22.6. The zero-order chi connectivity index (χ0) is 22.5. The maximum absolute atomic E-state index is 12.3. The number of nitro groups is 1. The van der Waals surface area contributed by atoms with Crippen LogP contribution in [0.3, 0.4) is 0 Å². The molecule has 1 amide bonds. The topological polar surface area (TPSA) is 129 Å². The molecular weight excluding hydrogens is 469 g/mol. The minimum absolute atomic E-state index is 0.0809. The lowest BCUT2D eigenvalue weighted by atomic mass is 10.2. The number of halogens is 2. The first kappa shape index (κ1) is 22.5. The number of hydrogen-bond donors (Lipinski definition) is 1. The van der Waals surface area contributed by atoms with E-state index in [1.165, 1.54) is 30.6 Å². The van der Waals surface area contributed by atoms with Gasteiger partial charge in [0.25, 0.3) is 11.6 Å². The Morgan fingerprint density at radius 1 is 1.26 bits per heavy atom. The molecule has 10 nitrogen and oxygen atoms in total. The fourth-order valence-electron chi connectivity index (χ4n) is 2.33. The van der Waals surface area contributed by atoms with Crippen LogP contribution in [0.5, 0.6) is 0 Å². The first-order valence-electron chi connectivity index (χ1n) is 8.47. The average Bonchev–Trinajstić information content (AvgIpc) is 3.13. The van der Waals surface area contributed by atoms with E-state index in [2.05, 4.69) is 15.5 Å². The number of carbonyl (C=O) groups is 2. The molecule has 0 spiro atoms. The van der Waals surface area contributed by atoms with E-state index in [9.17, 15) is 19.7 Å². The largest absolute Gasteiger partial charge is 0.452 e. The van der Waals surface area contributed by atoms with Gasteiger partial charge in [0.15, 0.2) is 11.8 Å². The Labute approximate surface area is 189 Å². The average molecular weight is 482 g/mol. The molecular formula is C18H13Cl2N5O5S. The molecule has 3 aromatic rings. The third-order valence-electron chi connectivity index (χ3n) is 3.80. The van der Waals surface area contributed by atoms with E-state index >= 15 is 0 Å². The van der Waals surface area contributed by atoms with Gasteiger partial charge in [0.2, 0.25) is 0 Å². The maximum Gasteiger partial charge on any atom is 0.338 e. The van der Waals surface area contributed by atoms with Crippen LogP contribution in [0.15, 0.2) is 52.8 Å². The summed E-state index contributed by atoms with van der Waals surface area (Å²) in [5.41, 5.74) is -0.129. The Morgan fingerprint density at radius 3 is 2.71 bits per heavy atom. The van der Waals surface area contributed by atoms with Crippen molar-refractivity contribution in [2.45, 2.75) is 10.1 Å². The van der Waals surface area contributed by atoms with E-state index in [1.807, 2.05) is 0 Å². The van der Waals surface area contributed by atoms with Gasteiger partial charge in [-0.15, -0.1) is 10.2 Å². The van der Waals surface area contributed by atoms with Gasteiger partial charge in [-0.3, -0.25) is 14.9 Å². The van der Waals surface area contributed by atoms with Crippen molar-refractivity contribution in [3.63, 3.8) is 0 Å². The van der Waals surface area contributed by atoms with Crippen LogP contribution in [-0.4, -0.2) is 38.2 Å². The van der Waals surface area contributed by atoms with Crippen LogP contribution in [-0.2, 0) is 16.6 Å². The Balaban J connectivity index is 1.67. The summed E-state index contributed by atoms with van der Waals surface area (Å²) in [6, 6.07) is 8.34. The van der Waals surface area contributed by atoms with Crippen molar-refractivity contribution in [2.24, 2.45) is 7.05 Å². The Morgan fingerprint density at radius 2 is 2.03 bits per heavy atom. The van der Waals surface area contributed by atoms with Gasteiger partial charge in [0.05, 0.1) is 26.1 Å². The van der Waals surface area contributed by atoms with E-state index in [0.717, 1.165) is 17.8 Å². The lowest BCUT2D eigenvalue weighted by Crippen LogP contribution is -2.21. The highest BCUT2D eigenvalue weighted by atomic mass is 35.5. The van der Waals surface area contributed by atoms with Crippen molar-refractivity contribution in [3.8, 4) is 0 Å². The number of nitrogens with one attached hydrogen (secondary N) is 1. The number of nitro benzene ring substituents is 1. The van der Waals surface area contributed by atoms with Crippen molar-refractivity contribution in [1.82, 2.24) is 14.8 Å². The number of benzene rings is 2. The lowest BCUT2D eigenvalue weighted by Gasteiger charge is -2.09. The van der Waals surface area contributed by atoms with Gasteiger partial charge in [-0.1, -0.05) is 23.2 Å². The highest BCUT2D eigenvalue weighted by molar-refractivity contribution is 7.99. The number of amides is 1. The number of hydrogen-bond acceptors (Lipinski definition) is 8. The second-order valence-corrected chi connectivity index (χ2v) is 7.87. The molecule has 3 rings (SSSR count). The van der Waals surface area contributed by atoms with E-state index in [-0.39, 0.29) is 26.9 Å². The van der Waals surface area contributed by atoms with Crippen LogP contribution in [0.25, 0.3) is 0 Å². The van der Waals surface area contributed by atoms with Crippen LogP contribution in [0, 0.1) is 10.1 Å². The molecule has 31 heavy (non-hydrogen) atoms. The molecule has 0 saturated carbocycles. The van der Waals surface area contributed by atoms with Crippen LogP contribution < -0.4 is 5.32 Å². The minimum atomic E-state index is -0.898. The molecule has 160 valence electrons. The van der Waals surface area contributed by atoms with Gasteiger partial charge in [-0.2, -0.15) is 0 Å². The third kappa shape index (κ3) is 5.72. The second kappa shape index (κ2) is 9.77. The molecule has 0 bridgehead atoms. The fraction of sp³-hybridized carbons (Fsp3) is 0.111. The summed E-state index contributed by atoms with van der Waals surface area (Å²) in [7, 11) is 1.70. The molecule has 13 heteroatoms. The molecule has 1 aromatic heterocycles. The molecule has 0 aliphatic heterocycles. The van der Waals surface area contributed by atoms with Gasteiger partial charge < -0.3 is 14.6 Å². The van der Waals surface area contributed by atoms with Crippen molar-refractivity contribution in [2.75, 3.05) is 11.9 Å². The van der Waals surface area contributed by atoms with Crippen LogP contribution in [0.1, 0.15) is 10.4 Å². The summed E-state index contributed by atoms with van der Waals surface area (Å²) in [4.78, 5) is 35.4. The van der Waals surface area contributed by atoms with Crippen molar-refractivity contribution < 1.29 is 19.2 Å². The molecule has 0 radical (unpaired) electrons. The second-order valence-electron chi connectivity index (χ2n) is 6.01. The van der Waals surface area contributed by atoms with Gasteiger partial charge in [-0.05, 0) is 42.1 Å². The predicted molar refractivity (Wildman–Crippen MR) is 114 cm³/mol. The van der Waals surface area contributed by atoms with E-state index in [4.69, 9.17) is 27.9 Å². The van der Waals surface area contributed by atoms with Crippen molar-refractivity contribution in [3.05, 3.63) is 68.4 Å². The van der Waals surface area contributed by atoms with E-state index in [1.54, 1.807) is 17.7 Å². The Hall–Kier alpha value is -3.15. The van der Waals surface area contributed by atoms with Gasteiger partial charge in [-0.25, -0.2) is 4.79 Å². The summed E-state index contributed by atoms with van der Waals surface area (Å²) in [5.74, 6) is -1.55. The third-order valence-corrected chi connectivity index (χ3v) is 5.48. The number of aryl methyl sites for hydroxylation is 1. The van der Waals surface area contributed by atoms with Gasteiger partial charge >= 0.3 is 5.97 Å². The van der Waals surface area contributed by atoms with Crippen LogP contribution in [0.4, 0.5) is 11.4 Å². The van der Waals surface area contributed by atoms with Crippen molar-refractivity contribution in [1.29, 1.82) is 0 Å².